The highest BCUT2D eigenvalue weighted by Gasteiger charge is 2.34. The lowest BCUT2D eigenvalue weighted by atomic mass is 9.91. The first kappa shape index (κ1) is 27.6. The standard InChI is InChI=1S/C26H17Cl2F3N6O2/c1-14-10-17(18(12-32)15-6-8-16(27)9-7-15)20(28)11-22(14)36-25-23(37(38)39)24(33-13-34-25)35-21-5-3-2-4-19(21)26(29,30)31/h2-11,13,18H,1H3,(H2,33,34,35,36). The van der Waals surface area contributed by atoms with Crippen LogP contribution in [-0.4, -0.2) is 14.9 Å². The molecule has 0 radical (unpaired) electrons. The first-order valence-corrected chi connectivity index (χ1v) is 11.9. The van der Waals surface area contributed by atoms with Crippen molar-refractivity contribution >= 4 is 51.9 Å². The Hall–Kier alpha value is -4.40. The van der Waals surface area contributed by atoms with E-state index in [-0.39, 0.29) is 10.8 Å². The molecule has 1 aromatic heterocycles. The summed E-state index contributed by atoms with van der Waals surface area (Å²) in [5, 5.41) is 27.7. The number of alkyl halides is 3. The quantitative estimate of drug-likeness (QED) is 0.169. The maximum Gasteiger partial charge on any atom is 0.418 e. The van der Waals surface area contributed by atoms with Crippen LogP contribution in [0, 0.1) is 28.4 Å². The topological polar surface area (TPSA) is 117 Å². The molecule has 0 saturated heterocycles. The van der Waals surface area contributed by atoms with Gasteiger partial charge in [0.25, 0.3) is 0 Å². The van der Waals surface area contributed by atoms with E-state index in [0.717, 1.165) is 18.5 Å². The Labute approximate surface area is 230 Å². The fraction of sp³-hybridized carbons (Fsp3) is 0.115. The summed E-state index contributed by atoms with van der Waals surface area (Å²) >= 11 is 12.5. The van der Waals surface area contributed by atoms with Crippen LogP contribution in [0.5, 0.6) is 0 Å². The number of aryl methyl sites for hydroxylation is 1. The van der Waals surface area contributed by atoms with Gasteiger partial charge in [-0.3, -0.25) is 10.1 Å². The Balaban J connectivity index is 1.71. The van der Waals surface area contributed by atoms with Crippen molar-refractivity contribution in [1.29, 1.82) is 5.26 Å². The summed E-state index contributed by atoms with van der Waals surface area (Å²) in [6, 6.07) is 16.7. The minimum absolute atomic E-state index is 0.207. The van der Waals surface area contributed by atoms with Gasteiger partial charge in [-0.25, -0.2) is 9.97 Å². The highest BCUT2D eigenvalue weighted by molar-refractivity contribution is 6.32. The zero-order valence-corrected chi connectivity index (χ0v) is 21.4. The van der Waals surface area contributed by atoms with Gasteiger partial charge in [0, 0.05) is 15.7 Å². The molecule has 13 heteroatoms. The summed E-state index contributed by atoms with van der Waals surface area (Å²) in [6.45, 7) is 1.70. The molecule has 0 aliphatic carbocycles. The Morgan fingerprint density at radius 3 is 2.21 bits per heavy atom. The number of hydrogen-bond acceptors (Lipinski definition) is 7. The summed E-state index contributed by atoms with van der Waals surface area (Å²) in [5.74, 6) is -1.43. The van der Waals surface area contributed by atoms with Gasteiger partial charge in [-0.1, -0.05) is 53.5 Å². The normalized spacial score (nSPS) is 11.9. The van der Waals surface area contributed by atoms with Crippen LogP contribution in [0.15, 0.2) is 67.0 Å². The average molecular weight is 573 g/mol. The molecule has 0 amide bonds. The van der Waals surface area contributed by atoms with E-state index in [1.165, 1.54) is 18.2 Å². The zero-order chi connectivity index (χ0) is 28.3. The number of hydrogen-bond donors (Lipinski definition) is 2. The third-order valence-electron chi connectivity index (χ3n) is 5.73. The predicted octanol–water partition coefficient (Wildman–Crippen LogP) is 8.16. The highest BCUT2D eigenvalue weighted by atomic mass is 35.5. The fourth-order valence-electron chi connectivity index (χ4n) is 3.87. The molecule has 0 fully saturated rings. The number of nitrogens with one attached hydrogen (secondary N) is 2. The molecule has 8 nitrogen and oxygen atoms in total. The molecule has 3 aromatic carbocycles. The van der Waals surface area contributed by atoms with Gasteiger partial charge in [-0.05, 0) is 53.9 Å². The summed E-state index contributed by atoms with van der Waals surface area (Å²) in [5.41, 5.74) is -0.0129. The molecule has 0 bridgehead atoms. The van der Waals surface area contributed by atoms with Crippen molar-refractivity contribution in [2.45, 2.75) is 19.0 Å². The molecule has 1 unspecified atom stereocenters. The Morgan fingerprint density at radius 2 is 1.62 bits per heavy atom. The second-order valence-corrected chi connectivity index (χ2v) is 9.12. The lowest BCUT2D eigenvalue weighted by Gasteiger charge is -2.17. The van der Waals surface area contributed by atoms with Crippen LogP contribution in [0.2, 0.25) is 10.0 Å². The van der Waals surface area contributed by atoms with Crippen LogP contribution in [0.25, 0.3) is 0 Å². The van der Waals surface area contributed by atoms with Crippen molar-refractivity contribution in [2.75, 3.05) is 10.6 Å². The number of anilines is 4. The minimum Gasteiger partial charge on any atom is -0.334 e. The number of halogens is 5. The monoisotopic (exact) mass is 572 g/mol. The number of nitro groups is 1. The summed E-state index contributed by atoms with van der Waals surface area (Å²) in [4.78, 5) is 18.9. The second-order valence-electron chi connectivity index (χ2n) is 8.27. The summed E-state index contributed by atoms with van der Waals surface area (Å²) in [6.07, 6.45) is -3.72. The number of rotatable bonds is 7. The summed E-state index contributed by atoms with van der Waals surface area (Å²) < 4.78 is 40.3. The molecule has 4 aromatic rings. The molecule has 39 heavy (non-hydrogen) atoms. The van der Waals surface area contributed by atoms with Crippen LogP contribution in [-0.2, 0) is 6.18 Å². The number of aromatic nitrogens is 2. The average Bonchev–Trinajstić information content (AvgIpc) is 2.88. The maximum absolute atomic E-state index is 13.4. The second kappa shape index (κ2) is 11.1. The third-order valence-corrected chi connectivity index (χ3v) is 6.31. The smallest absolute Gasteiger partial charge is 0.334 e. The number of para-hydroxylation sites is 1. The molecule has 1 atom stereocenters. The van der Waals surface area contributed by atoms with Gasteiger partial charge in [-0.15, -0.1) is 0 Å². The first-order chi connectivity index (χ1) is 18.5. The molecule has 0 aliphatic rings. The molecule has 0 saturated carbocycles. The van der Waals surface area contributed by atoms with Crippen LogP contribution in [0.1, 0.15) is 28.2 Å². The van der Waals surface area contributed by atoms with Gasteiger partial charge in [0.1, 0.15) is 6.33 Å². The highest BCUT2D eigenvalue weighted by Crippen LogP contribution is 2.40. The molecule has 1 heterocycles. The lowest BCUT2D eigenvalue weighted by molar-refractivity contribution is -0.383. The Kier molecular flexibility index (Phi) is 7.90. The van der Waals surface area contributed by atoms with E-state index in [4.69, 9.17) is 23.2 Å². The van der Waals surface area contributed by atoms with Gasteiger partial charge in [-0.2, -0.15) is 18.4 Å². The number of nitrogens with zero attached hydrogens (tertiary/aromatic N) is 4. The van der Waals surface area contributed by atoms with Gasteiger partial charge in [0.05, 0.1) is 28.2 Å². The third kappa shape index (κ3) is 6.03. The van der Waals surface area contributed by atoms with E-state index >= 15 is 0 Å². The van der Waals surface area contributed by atoms with Gasteiger partial charge < -0.3 is 10.6 Å². The maximum atomic E-state index is 13.4. The molecule has 4 rings (SSSR count). The van der Waals surface area contributed by atoms with E-state index in [1.54, 1.807) is 37.3 Å². The van der Waals surface area contributed by atoms with Crippen LogP contribution in [0.3, 0.4) is 0 Å². The van der Waals surface area contributed by atoms with Crippen molar-refractivity contribution in [2.24, 2.45) is 0 Å². The van der Waals surface area contributed by atoms with Crippen molar-refractivity contribution in [3.8, 4) is 6.07 Å². The number of benzene rings is 3. The minimum atomic E-state index is -4.70. The molecular formula is C26H17Cl2F3N6O2. The van der Waals surface area contributed by atoms with E-state index < -0.39 is 39.8 Å². The van der Waals surface area contributed by atoms with Gasteiger partial charge >= 0.3 is 11.9 Å². The fourth-order valence-corrected chi connectivity index (χ4v) is 4.27. The van der Waals surface area contributed by atoms with Crippen LogP contribution < -0.4 is 10.6 Å². The van der Waals surface area contributed by atoms with Crippen molar-refractivity contribution < 1.29 is 18.1 Å². The summed E-state index contributed by atoms with van der Waals surface area (Å²) in [7, 11) is 0. The van der Waals surface area contributed by atoms with Gasteiger partial charge in [0.15, 0.2) is 0 Å². The molecule has 2 N–H and O–H groups in total. The predicted molar refractivity (Wildman–Crippen MR) is 142 cm³/mol. The Bertz CT molecular complexity index is 1590. The lowest BCUT2D eigenvalue weighted by Crippen LogP contribution is -2.11. The van der Waals surface area contributed by atoms with Gasteiger partial charge in [0.2, 0.25) is 11.6 Å². The molecule has 198 valence electrons. The molecule has 0 aliphatic heterocycles. The van der Waals surface area contributed by atoms with Crippen molar-refractivity contribution in [3.63, 3.8) is 0 Å². The zero-order valence-electron chi connectivity index (χ0n) is 19.9. The Morgan fingerprint density at radius 1 is 1.00 bits per heavy atom. The first-order valence-electron chi connectivity index (χ1n) is 11.1. The largest absolute Gasteiger partial charge is 0.418 e. The van der Waals surface area contributed by atoms with E-state index in [9.17, 15) is 28.5 Å². The SMILES string of the molecule is Cc1cc(C(C#N)c2ccc(Cl)cc2)c(Cl)cc1Nc1ncnc(Nc2ccccc2C(F)(F)F)c1[N+](=O)[O-]. The molecular weight excluding hydrogens is 556 g/mol. The van der Waals surface area contributed by atoms with Crippen molar-refractivity contribution in [1.82, 2.24) is 9.97 Å². The van der Waals surface area contributed by atoms with Crippen LogP contribution >= 0.6 is 23.2 Å². The van der Waals surface area contributed by atoms with E-state index in [0.29, 0.717) is 27.4 Å². The molecule has 0 spiro atoms. The van der Waals surface area contributed by atoms with Crippen LogP contribution in [0.4, 0.5) is 41.9 Å². The number of nitriles is 1. The van der Waals surface area contributed by atoms with E-state index in [2.05, 4.69) is 26.7 Å². The van der Waals surface area contributed by atoms with E-state index in [1.807, 2.05) is 0 Å². The van der Waals surface area contributed by atoms with Crippen molar-refractivity contribution in [3.05, 3.63) is 109 Å².